The van der Waals surface area contributed by atoms with Gasteiger partial charge in [0.15, 0.2) is 0 Å². The van der Waals surface area contributed by atoms with Gasteiger partial charge in [0.1, 0.15) is 0 Å². The topological polar surface area (TPSA) is 59.8 Å². The van der Waals surface area contributed by atoms with E-state index in [-0.39, 0.29) is 5.69 Å². The molecule has 0 saturated heterocycles. The van der Waals surface area contributed by atoms with Gasteiger partial charge in [0.05, 0.1) is 12.2 Å². The molecule has 0 saturated carbocycles. The molecular weight excluding hydrogens is 228 g/mol. The molecule has 18 heavy (non-hydrogen) atoms. The van der Waals surface area contributed by atoms with E-state index in [0.717, 1.165) is 23.5 Å². The Morgan fingerprint density at radius 2 is 2.22 bits per heavy atom. The summed E-state index contributed by atoms with van der Waals surface area (Å²) >= 11 is 0. The average molecular weight is 244 g/mol. The number of hydrogen-bond acceptors (Lipinski definition) is 4. The molecule has 0 spiro atoms. The summed E-state index contributed by atoms with van der Waals surface area (Å²) in [6.45, 7) is 5.24. The van der Waals surface area contributed by atoms with E-state index >= 15 is 0 Å². The number of anilines is 1. The zero-order valence-corrected chi connectivity index (χ0v) is 10.6. The van der Waals surface area contributed by atoms with Crippen LogP contribution in [0.25, 0.3) is 0 Å². The Kier molecular flexibility index (Phi) is 3.72. The first-order chi connectivity index (χ1) is 8.69. The van der Waals surface area contributed by atoms with E-state index < -0.39 is 0 Å². The first kappa shape index (κ1) is 12.3. The van der Waals surface area contributed by atoms with E-state index in [1.807, 2.05) is 26.0 Å². The van der Waals surface area contributed by atoms with Crippen LogP contribution in [-0.4, -0.2) is 21.1 Å². The monoisotopic (exact) mass is 244 g/mol. The highest BCUT2D eigenvalue weighted by Crippen LogP contribution is 2.08. The van der Waals surface area contributed by atoms with Gasteiger partial charge in [-0.1, -0.05) is 0 Å². The lowest BCUT2D eigenvalue weighted by molar-refractivity contribution is 0.706. The summed E-state index contributed by atoms with van der Waals surface area (Å²) in [4.78, 5) is 19.7. The maximum absolute atomic E-state index is 11.6. The molecule has 0 aliphatic rings. The van der Waals surface area contributed by atoms with Crippen molar-refractivity contribution in [3.63, 3.8) is 0 Å². The van der Waals surface area contributed by atoms with Gasteiger partial charge in [-0.3, -0.25) is 9.55 Å². The van der Waals surface area contributed by atoms with Crippen LogP contribution in [0.4, 0.5) is 5.69 Å². The van der Waals surface area contributed by atoms with Gasteiger partial charge in [0, 0.05) is 30.8 Å². The van der Waals surface area contributed by atoms with Gasteiger partial charge in [-0.15, -0.1) is 0 Å². The summed E-state index contributed by atoms with van der Waals surface area (Å²) in [6, 6.07) is 3.85. The summed E-state index contributed by atoms with van der Waals surface area (Å²) < 4.78 is 1.56. The molecule has 0 radical (unpaired) electrons. The Hall–Kier alpha value is -2.17. The van der Waals surface area contributed by atoms with Gasteiger partial charge in [-0.25, -0.2) is 9.78 Å². The fraction of sp³-hybridized carbons (Fsp3) is 0.308. The van der Waals surface area contributed by atoms with Crippen molar-refractivity contribution in [2.75, 3.05) is 11.9 Å². The van der Waals surface area contributed by atoms with Crippen LogP contribution >= 0.6 is 0 Å². The number of nitrogens with one attached hydrogen (secondary N) is 1. The maximum atomic E-state index is 11.6. The van der Waals surface area contributed by atoms with E-state index in [1.54, 1.807) is 23.2 Å². The fourth-order valence-electron chi connectivity index (χ4n) is 1.73. The van der Waals surface area contributed by atoms with E-state index in [2.05, 4.69) is 15.3 Å². The van der Waals surface area contributed by atoms with Crippen molar-refractivity contribution in [3.05, 3.63) is 52.5 Å². The molecule has 0 amide bonds. The minimum absolute atomic E-state index is 0.253. The van der Waals surface area contributed by atoms with Gasteiger partial charge < -0.3 is 5.32 Å². The molecule has 0 aromatic carbocycles. The highest BCUT2D eigenvalue weighted by molar-refractivity contribution is 5.42. The van der Waals surface area contributed by atoms with Crippen LogP contribution in [0, 0.1) is 6.92 Å². The molecule has 94 valence electrons. The lowest BCUT2D eigenvalue weighted by Crippen LogP contribution is -2.23. The van der Waals surface area contributed by atoms with Gasteiger partial charge in [-0.05, 0) is 31.5 Å². The third-order valence-corrected chi connectivity index (χ3v) is 2.51. The minimum Gasteiger partial charge on any atom is -0.385 e. The Morgan fingerprint density at radius 1 is 1.39 bits per heavy atom. The predicted molar refractivity (Wildman–Crippen MR) is 70.7 cm³/mol. The second-order valence-electron chi connectivity index (χ2n) is 4.11. The maximum Gasteiger partial charge on any atom is 0.347 e. The molecule has 0 aliphatic heterocycles. The van der Waals surface area contributed by atoms with Crippen LogP contribution < -0.4 is 11.0 Å². The quantitative estimate of drug-likeness (QED) is 0.883. The summed E-state index contributed by atoms with van der Waals surface area (Å²) in [5, 5.41) is 3.22. The predicted octanol–water partition coefficient (Wildman–Crippen LogP) is 1.43. The SMILES string of the molecule is CCNc1ccnc(Cn2cc(C)cnc2=O)c1. The largest absolute Gasteiger partial charge is 0.385 e. The number of nitrogens with zero attached hydrogens (tertiary/aromatic N) is 3. The van der Waals surface area contributed by atoms with Crippen molar-refractivity contribution in [2.24, 2.45) is 0 Å². The lowest BCUT2D eigenvalue weighted by Gasteiger charge is -2.07. The number of aryl methyl sites for hydroxylation is 1. The molecule has 0 bridgehead atoms. The average Bonchev–Trinajstić information content (AvgIpc) is 2.35. The fourth-order valence-corrected chi connectivity index (χ4v) is 1.73. The van der Waals surface area contributed by atoms with Crippen molar-refractivity contribution < 1.29 is 0 Å². The Balaban J connectivity index is 2.25. The second-order valence-corrected chi connectivity index (χ2v) is 4.11. The van der Waals surface area contributed by atoms with Crippen LogP contribution in [0.3, 0.4) is 0 Å². The smallest absolute Gasteiger partial charge is 0.347 e. The standard InChI is InChI=1S/C13H16N4O/c1-3-14-11-4-5-15-12(6-11)9-17-8-10(2)7-16-13(17)18/h4-8H,3,9H2,1-2H3,(H,14,15). The summed E-state index contributed by atoms with van der Waals surface area (Å²) in [5.41, 5.74) is 2.55. The summed E-state index contributed by atoms with van der Waals surface area (Å²) in [5.74, 6) is 0. The molecule has 0 fully saturated rings. The highest BCUT2D eigenvalue weighted by Gasteiger charge is 2.01. The van der Waals surface area contributed by atoms with Gasteiger partial charge in [-0.2, -0.15) is 0 Å². The van der Waals surface area contributed by atoms with E-state index in [0.29, 0.717) is 6.54 Å². The first-order valence-electron chi connectivity index (χ1n) is 5.91. The second kappa shape index (κ2) is 5.44. The van der Waals surface area contributed by atoms with E-state index in [4.69, 9.17) is 0 Å². The third kappa shape index (κ3) is 2.94. The normalized spacial score (nSPS) is 10.3. The highest BCUT2D eigenvalue weighted by atomic mass is 16.1. The Morgan fingerprint density at radius 3 is 3.00 bits per heavy atom. The Bertz CT molecular complexity index is 592. The molecule has 2 heterocycles. The molecule has 0 unspecified atom stereocenters. The number of rotatable bonds is 4. The number of hydrogen-bond donors (Lipinski definition) is 1. The van der Waals surface area contributed by atoms with Crippen LogP contribution in [0.1, 0.15) is 18.2 Å². The number of pyridine rings is 1. The van der Waals surface area contributed by atoms with Gasteiger partial charge in [0.25, 0.3) is 0 Å². The molecule has 2 rings (SSSR count). The molecule has 0 atom stereocenters. The molecule has 5 nitrogen and oxygen atoms in total. The van der Waals surface area contributed by atoms with Crippen molar-refractivity contribution in [1.29, 1.82) is 0 Å². The van der Waals surface area contributed by atoms with E-state index in [9.17, 15) is 4.79 Å². The third-order valence-electron chi connectivity index (χ3n) is 2.51. The summed E-state index contributed by atoms with van der Waals surface area (Å²) in [7, 11) is 0. The minimum atomic E-state index is -0.253. The summed E-state index contributed by atoms with van der Waals surface area (Å²) in [6.07, 6.45) is 5.10. The van der Waals surface area contributed by atoms with Crippen LogP contribution in [0.2, 0.25) is 0 Å². The molecular formula is C13H16N4O. The van der Waals surface area contributed by atoms with Gasteiger partial charge in [0.2, 0.25) is 0 Å². The molecule has 1 N–H and O–H groups in total. The van der Waals surface area contributed by atoms with Crippen molar-refractivity contribution >= 4 is 5.69 Å². The molecule has 0 aliphatic carbocycles. The lowest BCUT2D eigenvalue weighted by atomic mass is 10.3. The van der Waals surface area contributed by atoms with Gasteiger partial charge >= 0.3 is 5.69 Å². The van der Waals surface area contributed by atoms with E-state index in [1.165, 1.54) is 0 Å². The Labute approximate surface area is 106 Å². The van der Waals surface area contributed by atoms with Crippen LogP contribution in [0.15, 0.2) is 35.5 Å². The number of aromatic nitrogens is 3. The molecule has 5 heteroatoms. The van der Waals surface area contributed by atoms with Crippen molar-refractivity contribution in [1.82, 2.24) is 14.5 Å². The van der Waals surface area contributed by atoms with Crippen LogP contribution in [0.5, 0.6) is 0 Å². The first-order valence-corrected chi connectivity index (χ1v) is 5.91. The van der Waals surface area contributed by atoms with Crippen LogP contribution in [-0.2, 0) is 6.54 Å². The molecule has 2 aromatic rings. The zero-order valence-electron chi connectivity index (χ0n) is 10.6. The van der Waals surface area contributed by atoms with Crippen molar-refractivity contribution in [2.45, 2.75) is 20.4 Å². The molecule has 2 aromatic heterocycles. The van der Waals surface area contributed by atoms with Crippen molar-refractivity contribution in [3.8, 4) is 0 Å². The zero-order chi connectivity index (χ0) is 13.0.